The molecule has 2 aromatic carbocycles. The van der Waals surface area contributed by atoms with E-state index in [9.17, 15) is 18.0 Å². The van der Waals surface area contributed by atoms with Crippen LogP contribution in [0.1, 0.15) is 45.6 Å². The number of hydrogen-bond acceptors (Lipinski definition) is 6. The van der Waals surface area contributed by atoms with E-state index in [0.717, 1.165) is 12.7 Å². The van der Waals surface area contributed by atoms with Crippen LogP contribution >= 0.6 is 23.2 Å². The number of hydrogen-bond donors (Lipinski definition) is 1. The van der Waals surface area contributed by atoms with Gasteiger partial charge in [0.15, 0.2) is 11.5 Å². The average Bonchev–Trinajstić information content (AvgIpc) is 2.89. The van der Waals surface area contributed by atoms with Crippen LogP contribution in [0, 0.1) is 0 Å². The Labute approximate surface area is 240 Å². The van der Waals surface area contributed by atoms with Gasteiger partial charge < -0.3 is 19.7 Å². The van der Waals surface area contributed by atoms with Crippen molar-refractivity contribution in [2.45, 2.75) is 58.7 Å². The molecule has 2 atom stereocenters. The third-order valence-electron chi connectivity index (χ3n) is 6.52. The summed E-state index contributed by atoms with van der Waals surface area (Å²) < 4.78 is 37.6. The molecule has 0 spiro atoms. The topological polar surface area (TPSA) is 105 Å². The molecule has 214 valence electrons. The van der Waals surface area contributed by atoms with E-state index in [1.807, 2.05) is 13.8 Å². The lowest BCUT2D eigenvalue weighted by atomic mass is 10.1. The fourth-order valence-corrected chi connectivity index (χ4v) is 5.57. The minimum Gasteiger partial charge on any atom is -0.486 e. The highest BCUT2D eigenvalue weighted by Gasteiger charge is 2.28. The van der Waals surface area contributed by atoms with Crippen LogP contribution in [0.15, 0.2) is 36.4 Å². The molecule has 0 aromatic heterocycles. The van der Waals surface area contributed by atoms with E-state index < -0.39 is 16.1 Å². The number of anilines is 1. The van der Waals surface area contributed by atoms with E-state index in [2.05, 4.69) is 5.32 Å². The number of nitrogens with one attached hydrogen (secondary N) is 1. The number of benzene rings is 2. The lowest BCUT2D eigenvalue weighted by Crippen LogP contribution is -2.49. The Kier molecular flexibility index (Phi) is 10.7. The molecule has 9 nitrogen and oxygen atoms in total. The molecule has 2 aromatic rings. The van der Waals surface area contributed by atoms with Gasteiger partial charge in [-0.05, 0) is 51.0 Å². The first-order valence-electron chi connectivity index (χ1n) is 12.8. The monoisotopic (exact) mass is 599 g/mol. The number of carbonyl (C=O) groups excluding carboxylic acids is 2. The molecular weight excluding hydrogens is 565 g/mol. The Morgan fingerprint density at radius 1 is 1.05 bits per heavy atom. The highest BCUT2D eigenvalue weighted by atomic mass is 35.5. The molecule has 39 heavy (non-hydrogen) atoms. The minimum absolute atomic E-state index is 0.000402. The maximum Gasteiger partial charge on any atom is 0.242 e. The van der Waals surface area contributed by atoms with Gasteiger partial charge in [0.05, 0.1) is 11.9 Å². The smallest absolute Gasteiger partial charge is 0.242 e. The van der Waals surface area contributed by atoms with Gasteiger partial charge in [-0.2, -0.15) is 0 Å². The third kappa shape index (κ3) is 8.16. The highest BCUT2D eigenvalue weighted by molar-refractivity contribution is 7.92. The quantitative estimate of drug-likeness (QED) is 0.381. The Hall–Kier alpha value is -2.69. The summed E-state index contributed by atoms with van der Waals surface area (Å²) in [7, 11) is -3.66. The molecule has 0 fully saturated rings. The van der Waals surface area contributed by atoms with Crippen molar-refractivity contribution in [3.63, 3.8) is 0 Å². The predicted octanol–water partition coefficient (Wildman–Crippen LogP) is 4.64. The first-order chi connectivity index (χ1) is 18.4. The maximum atomic E-state index is 13.5. The standard InChI is InChI=1S/C27H35Cl2N3O6S/c1-5-18(2)30-27(34)19(3)31(17-21-22(28)8-6-9-23(21)29)26(33)10-7-13-32(39(4,35)36)20-11-12-24-25(16-20)38-15-14-37-24/h6,8-9,11-12,16,18-19H,5,7,10,13-15,17H2,1-4H3,(H,30,34)/t18-,19-/m0/s1. The summed E-state index contributed by atoms with van der Waals surface area (Å²) in [5.41, 5.74) is 0.946. The molecule has 1 N–H and O–H groups in total. The summed E-state index contributed by atoms with van der Waals surface area (Å²) in [4.78, 5) is 27.9. The van der Waals surface area contributed by atoms with Crippen LogP contribution in [-0.4, -0.2) is 63.2 Å². The van der Waals surface area contributed by atoms with Gasteiger partial charge in [0.25, 0.3) is 0 Å². The van der Waals surface area contributed by atoms with Crippen LogP contribution in [0.3, 0.4) is 0 Å². The molecule has 0 aliphatic carbocycles. The van der Waals surface area contributed by atoms with E-state index in [0.29, 0.717) is 46.0 Å². The van der Waals surface area contributed by atoms with Crippen molar-refractivity contribution in [3.8, 4) is 11.5 Å². The SMILES string of the molecule is CC[C@H](C)NC(=O)[C@H](C)N(Cc1c(Cl)cccc1Cl)C(=O)CCCN(c1ccc2c(c1)OCCO2)S(C)(=O)=O. The summed E-state index contributed by atoms with van der Waals surface area (Å²) in [6.45, 7) is 6.38. The normalized spacial score (nSPS) is 14.3. The number of ether oxygens (including phenoxy) is 2. The Morgan fingerprint density at radius 2 is 1.69 bits per heavy atom. The maximum absolute atomic E-state index is 13.5. The number of carbonyl (C=O) groups is 2. The second-order valence-corrected chi connectivity index (χ2v) is 12.2. The zero-order valence-corrected chi connectivity index (χ0v) is 24.9. The largest absolute Gasteiger partial charge is 0.486 e. The molecule has 0 saturated heterocycles. The molecule has 0 unspecified atom stereocenters. The van der Waals surface area contributed by atoms with Crippen molar-refractivity contribution in [1.29, 1.82) is 0 Å². The van der Waals surface area contributed by atoms with Crippen molar-refractivity contribution in [1.82, 2.24) is 10.2 Å². The van der Waals surface area contributed by atoms with Gasteiger partial charge in [-0.15, -0.1) is 0 Å². The number of fused-ring (bicyclic) bond motifs is 1. The van der Waals surface area contributed by atoms with E-state index >= 15 is 0 Å². The van der Waals surface area contributed by atoms with E-state index in [-0.39, 0.29) is 43.8 Å². The Balaban J connectivity index is 1.78. The summed E-state index contributed by atoms with van der Waals surface area (Å²) in [5, 5.41) is 3.68. The van der Waals surface area contributed by atoms with Crippen LogP contribution in [0.25, 0.3) is 0 Å². The summed E-state index contributed by atoms with van der Waals surface area (Å²) in [5.74, 6) is 0.392. The second kappa shape index (κ2) is 13.6. The number of amides is 2. The zero-order valence-electron chi connectivity index (χ0n) is 22.6. The number of nitrogens with zero attached hydrogens (tertiary/aromatic N) is 2. The molecule has 3 rings (SSSR count). The number of sulfonamides is 1. The van der Waals surface area contributed by atoms with Gasteiger partial charge in [0, 0.05) is 47.2 Å². The van der Waals surface area contributed by atoms with E-state index in [1.54, 1.807) is 43.3 Å². The lowest BCUT2D eigenvalue weighted by molar-refractivity contribution is -0.140. The van der Waals surface area contributed by atoms with E-state index in [4.69, 9.17) is 32.7 Å². The van der Waals surface area contributed by atoms with Gasteiger partial charge in [-0.1, -0.05) is 36.2 Å². The first kappa shape index (κ1) is 30.8. The fourth-order valence-electron chi connectivity index (χ4n) is 4.09. The molecule has 0 saturated carbocycles. The summed E-state index contributed by atoms with van der Waals surface area (Å²) >= 11 is 12.7. The van der Waals surface area contributed by atoms with Crippen molar-refractivity contribution in [3.05, 3.63) is 52.0 Å². The van der Waals surface area contributed by atoms with Crippen molar-refractivity contribution in [2.24, 2.45) is 0 Å². The third-order valence-corrected chi connectivity index (χ3v) is 8.43. The van der Waals surface area contributed by atoms with Crippen molar-refractivity contribution in [2.75, 3.05) is 30.3 Å². The van der Waals surface area contributed by atoms with Crippen LogP contribution in [-0.2, 0) is 26.2 Å². The highest BCUT2D eigenvalue weighted by Crippen LogP contribution is 2.35. The van der Waals surface area contributed by atoms with Crippen molar-refractivity contribution < 1.29 is 27.5 Å². The van der Waals surface area contributed by atoms with Gasteiger partial charge in [-0.3, -0.25) is 13.9 Å². The molecule has 1 heterocycles. The average molecular weight is 601 g/mol. The van der Waals surface area contributed by atoms with Crippen LogP contribution in [0.2, 0.25) is 10.0 Å². The van der Waals surface area contributed by atoms with E-state index in [1.165, 1.54) is 9.21 Å². The molecule has 0 radical (unpaired) electrons. The summed E-state index contributed by atoms with van der Waals surface area (Å²) in [6.07, 6.45) is 2.06. The molecule has 2 amide bonds. The fraction of sp³-hybridized carbons (Fsp3) is 0.481. The Morgan fingerprint density at radius 3 is 2.31 bits per heavy atom. The number of halogens is 2. The number of rotatable bonds is 12. The molecule has 1 aliphatic heterocycles. The van der Waals surface area contributed by atoms with Gasteiger partial charge in [0.1, 0.15) is 19.3 Å². The predicted molar refractivity (Wildman–Crippen MR) is 153 cm³/mol. The van der Waals surface area contributed by atoms with Gasteiger partial charge in [0.2, 0.25) is 21.8 Å². The van der Waals surface area contributed by atoms with Gasteiger partial charge >= 0.3 is 0 Å². The van der Waals surface area contributed by atoms with Crippen LogP contribution in [0.5, 0.6) is 11.5 Å². The van der Waals surface area contributed by atoms with Crippen molar-refractivity contribution >= 4 is 50.7 Å². The zero-order chi connectivity index (χ0) is 28.7. The lowest BCUT2D eigenvalue weighted by Gasteiger charge is -2.31. The molecule has 0 bridgehead atoms. The molecule has 12 heteroatoms. The minimum atomic E-state index is -3.66. The van der Waals surface area contributed by atoms with Crippen LogP contribution < -0.4 is 19.1 Å². The molecular formula is C27H35Cl2N3O6S. The Bertz CT molecular complexity index is 1270. The molecule has 1 aliphatic rings. The van der Waals surface area contributed by atoms with Crippen LogP contribution in [0.4, 0.5) is 5.69 Å². The second-order valence-electron chi connectivity index (χ2n) is 9.48. The summed E-state index contributed by atoms with van der Waals surface area (Å²) in [6, 6.07) is 9.11. The first-order valence-corrected chi connectivity index (χ1v) is 15.4. The van der Waals surface area contributed by atoms with Gasteiger partial charge in [-0.25, -0.2) is 8.42 Å².